The molecule has 0 spiro atoms. The molecule has 100 valence electrons. The van der Waals surface area contributed by atoms with E-state index in [0.717, 1.165) is 48.3 Å². The van der Waals surface area contributed by atoms with Crippen LogP contribution in [0.4, 0.5) is 0 Å². The van der Waals surface area contributed by atoms with E-state index in [0.29, 0.717) is 11.8 Å². The fraction of sp³-hybridized carbons (Fsp3) is 1.00. The summed E-state index contributed by atoms with van der Waals surface area (Å²) in [4.78, 5) is 0. The molecule has 0 amide bonds. The van der Waals surface area contributed by atoms with Crippen LogP contribution in [0, 0.1) is 47.3 Å². The molecule has 0 heterocycles. The van der Waals surface area contributed by atoms with Gasteiger partial charge in [0, 0.05) is 0 Å². The van der Waals surface area contributed by atoms with Gasteiger partial charge in [-0.2, -0.15) is 0 Å². The molecule has 0 unspecified atom stereocenters. The highest BCUT2D eigenvalue weighted by atomic mass is 16.3. The lowest BCUT2D eigenvalue weighted by atomic mass is 9.72. The van der Waals surface area contributed by atoms with Gasteiger partial charge in [0.05, 0.1) is 12.2 Å². The van der Waals surface area contributed by atoms with Gasteiger partial charge in [-0.05, 0) is 85.9 Å². The fourth-order valence-electron chi connectivity index (χ4n) is 7.41. The van der Waals surface area contributed by atoms with Crippen molar-refractivity contribution in [2.75, 3.05) is 0 Å². The predicted molar refractivity (Wildman–Crippen MR) is 67.6 cm³/mol. The topological polar surface area (TPSA) is 40.5 Å². The quantitative estimate of drug-likeness (QED) is 0.689. The Kier molecular flexibility index (Phi) is 1.97. The summed E-state index contributed by atoms with van der Waals surface area (Å²) in [6, 6.07) is 0. The maximum Gasteiger partial charge on any atom is 0.0576 e. The summed E-state index contributed by atoms with van der Waals surface area (Å²) < 4.78 is 0. The van der Waals surface area contributed by atoms with Crippen molar-refractivity contribution in [3.05, 3.63) is 0 Å². The third-order valence-electron chi connectivity index (χ3n) is 7.70. The van der Waals surface area contributed by atoms with Gasteiger partial charge in [0.2, 0.25) is 0 Å². The Labute approximate surface area is 109 Å². The van der Waals surface area contributed by atoms with Crippen LogP contribution in [0.15, 0.2) is 0 Å². The van der Waals surface area contributed by atoms with Crippen molar-refractivity contribution in [3.8, 4) is 0 Å². The number of aliphatic hydroxyl groups is 2. The zero-order valence-electron chi connectivity index (χ0n) is 10.9. The van der Waals surface area contributed by atoms with E-state index in [1.54, 1.807) is 0 Å². The summed E-state index contributed by atoms with van der Waals surface area (Å²) in [5.74, 6) is 5.97. The van der Waals surface area contributed by atoms with Crippen molar-refractivity contribution in [3.63, 3.8) is 0 Å². The van der Waals surface area contributed by atoms with Crippen LogP contribution in [0.25, 0.3) is 0 Å². The van der Waals surface area contributed by atoms with E-state index < -0.39 is 0 Å². The van der Waals surface area contributed by atoms with E-state index in [1.807, 2.05) is 0 Å². The molecule has 2 nitrogen and oxygen atoms in total. The van der Waals surface area contributed by atoms with Gasteiger partial charge in [-0.25, -0.2) is 0 Å². The number of hydrogen-bond acceptors (Lipinski definition) is 2. The molecule has 0 aliphatic heterocycles. The molecule has 0 aromatic heterocycles. The van der Waals surface area contributed by atoms with Gasteiger partial charge in [0.15, 0.2) is 0 Å². The van der Waals surface area contributed by atoms with Crippen LogP contribution in [0.3, 0.4) is 0 Å². The van der Waals surface area contributed by atoms with Crippen molar-refractivity contribution in [1.82, 2.24) is 0 Å². The summed E-state index contributed by atoms with van der Waals surface area (Å²) in [7, 11) is 0. The molecule has 0 aromatic carbocycles. The second kappa shape index (κ2) is 3.32. The first-order valence-corrected chi connectivity index (χ1v) is 8.10. The Morgan fingerprint density at radius 3 is 1.56 bits per heavy atom. The molecule has 5 aliphatic carbocycles. The molecule has 5 fully saturated rings. The Morgan fingerprint density at radius 1 is 0.556 bits per heavy atom. The van der Waals surface area contributed by atoms with E-state index in [-0.39, 0.29) is 12.2 Å². The lowest BCUT2D eigenvalue weighted by Crippen LogP contribution is -2.33. The minimum Gasteiger partial charge on any atom is -0.393 e. The summed E-state index contributed by atoms with van der Waals surface area (Å²) in [5.41, 5.74) is 0. The third-order valence-corrected chi connectivity index (χ3v) is 7.70. The van der Waals surface area contributed by atoms with Gasteiger partial charge in [0.1, 0.15) is 0 Å². The first kappa shape index (κ1) is 10.7. The third kappa shape index (κ3) is 1.09. The van der Waals surface area contributed by atoms with Gasteiger partial charge in [-0.15, -0.1) is 0 Å². The fourth-order valence-corrected chi connectivity index (χ4v) is 7.41. The second-order valence-corrected chi connectivity index (χ2v) is 7.99. The van der Waals surface area contributed by atoms with Crippen molar-refractivity contribution >= 4 is 0 Å². The summed E-state index contributed by atoms with van der Waals surface area (Å²) in [5, 5.41) is 21.0. The largest absolute Gasteiger partial charge is 0.393 e. The summed E-state index contributed by atoms with van der Waals surface area (Å²) in [6.45, 7) is 0. The Morgan fingerprint density at radius 2 is 1.06 bits per heavy atom. The first-order chi connectivity index (χ1) is 8.74. The van der Waals surface area contributed by atoms with E-state index >= 15 is 0 Å². The molecular formula is C16H24O2. The molecule has 5 rings (SSSR count). The van der Waals surface area contributed by atoms with Crippen LogP contribution in [0.5, 0.6) is 0 Å². The zero-order valence-corrected chi connectivity index (χ0v) is 10.9. The van der Waals surface area contributed by atoms with Gasteiger partial charge in [-0.3, -0.25) is 0 Å². The maximum absolute atomic E-state index is 10.5. The molecule has 2 heteroatoms. The molecule has 0 saturated heterocycles. The predicted octanol–water partition coefficient (Wildman–Crippen LogP) is 2.05. The molecule has 0 aromatic rings. The Hall–Kier alpha value is -0.0800. The average molecular weight is 248 g/mol. The van der Waals surface area contributed by atoms with Crippen LogP contribution < -0.4 is 0 Å². The van der Waals surface area contributed by atoms with Crippen molar-refractivity contribution in [2.45, 2.75) is 50.7 Å². The smallest absolute Gasteiger partial charge is 0.0576 e. The number of aliphatic hydroxyl groups excluding tert-OH is 2. The van der Waals surface area contributed by atoms with Gasteiger partial charge in [0.25, 0.3) is 0 Å². The van der Waals surface area contributed by atoms with Crippen molar-refractivity contribution < 1.29 is 10.2 Å². The molecule has 4 bridgehead atoms. The summed E-state index contributed by atoms with van der Waals surface area (Å²) in [6.07, 6.45) is 7.39. The molecule has 2 N–H and O–H groups in total. The van der Waals surface area contributed by atoms with Crippen LogP contribution in [-0.4, -0.2) is 22.4 Å². The molecule has 5 aliphatic rings. The van der Waals surface area contributed by atoms with Gasteiger partial charge in [-0.1, -0.05) is 0 Å². The SMILES string of the molecule is O[C@@H]1C[C@@H]2[C@@H]3C[C@H](O)[C@H]4[C@H]5CC[C@@H](C5)[C@H]1[C@H]2C[C@@H]34. The maximum atomic E-state index is 10.5. The molecule has 0 radical (unpaired) electrons. The lowest BCUT2D eigenvalue weighted by molar-refractivity contribution is 0.0357. The van der Waals surface area contributed by atoms with E-state index in [4.69, 9.17) is 0 Å². The van der Waals surface area contributed by atoms with Crippen molar-refractivity contribution in [1.29, 1.82) is 0 Å². The minimum absolute atomic E-state index is 0.0148. The van der Waals surface area contributed by atoms with E-state index in [1.165, 1.54) is 25.7 Å². The van der Waals surface area contributed by atoms with Crippen LogP contribution >= 0.6 is 0 Å². The Balaban J connectivity index is 1.63. The monoisotopic (exact) mass is 248 g/mol. The van der Waals surface area contributed by atoms with Crippen LogP contribution in [-0.2, 0) is 0 Å². The number of fused-ring (bicyclic) bond motifs is 5. The van der Waals surface area contributed by atoms with Gasteiger partial charge >= 0.3 is 0 Å². The molecule has 18 heavy (non-hydrogen) atoms. The normalized spacial score (nSPS) is 68.3. The van der Waals surface area contributed by atoms with Crippen molar-refractivity contribution in [2.24, 2.45) is 47.3 Å². The second-order valence-electron chi connectivity index (χ2n) is 7.99. The lowest BCUT2D eigenvalue weighted by Gasteiger charge is -2.34. The van der Waals surface area contributed by atoms with E-state index in [9.17, 15) is 10.2 Å². The standard InChI is InChI=1S/C16H24O2/c17-13-5-9-10-6-14(18)16-8-2-1-7(3-8)15(13)11(9)4-12(10)16/h7-18H,1-6H2/t7-,8-,9-,10+,11-,12-,13-,14+,15-,16-/m0/s1. The highest BCUT2D eigenvalue weighted by Crippen LogP contribution is 2.67. The highest BCUT2D eigenvalue weighted by molar-refractivity contribution is 5.12. The minimum atomic E-state index is -0.0148. The van der Waals surface area contributed by atoms with Gasteiger partial charge < -0.3 is 10.2 Å². The molecule has 5 saturated carbocycles. The number of hydrogen-bond donors (Lipinski definition) is 2. The first-order valence-electron chi connectivity index (χ1n) is 8.10. The Bertz CT molecular complexity index is 347. The number of rotatable bonds is 0. The zero-order chi connectivity index (χ0) is 12.0. The van der Waals surface area contributed by atoms with E-state index in [2.05, 4.69) is 0 Å². The molecular weight excluding hydrogens is 224 g/mol. The molecule has 10 atom stereocenters. The average Bonchev–Trinajstić information content (AvgIpc) is 2.99. The van der Waals surface area contributed by atoms with Crippen LogP contribution in [0.2, 0.25) is 0 Å². The summed E-state index contributed by atoms with van der Waals surface area (Å²) >= 11 is 0. The highest BCUT2D eigenvalue weighted by Gasteiger charge is 2.63. The van der Waals surface area contributed by atoms with Crippen LogP contribution in [0.1, 0.15) is 38.5 Å².